The molecule has 0 bridgehead atoms. The molecule has 0 radical (unpaired) electrons. The van der Waals surface area contributed by atoms with Gasteiger partial charge < -0.3 is 10.0 Å². The number of unbranched alkanes of at least 4 members (excludes halogenated alkanes) is 1. The summed E-state index contributed by atoms with van der Waals surface area (Å²) < 4.78 is 58.7. The van der Waals surface area contributed by atoms with Crippen LogP contribution in [0.25, 0.3) is 0 Å². The van der Waals surface area contributed by atoms with Crippen LogP contribution >= 0.6 is 11.8 Å². The van der Waals surface area contributed by atoms with Crippen molar-refractivity contribution in [1.29, 1.82) is 0 Å². The number of thioether (sulfide) groups is 1. The van der Waals surface area contributed by atoms with Gasteiger partial charge in [-0.15, -0.1) is 11.8 Å². The van der Waals surface area contributed by atoms with Crippen LogP contribution in [0.2, 0.25) is 0 Å². The molecule has 1 aromatic carbocycles. The molecule has 1 amide bonds. The van der Waals surface area contributed by atoms with Gasteiger partial charge in [-0.05, 0) is 25.0 Å². The van der Waals surface area contributed by atoms with Crippen LogP contribution in [0, 0.1) is 0 Å². The third-order valence-electron chi connectivity index (χ3n) is 4.59. The lowest BCUT2D eigenvalue weighted by Gasteiger charge is -2.24. The van der Waals surface area contributed by atoms with Crippen molar-refractivity contribution in [3.63, 3.8) is 0 Å². The van der Waals surface area contributed by atoms with Gasteiger partial charge in [-0.2, -0.15) is 17.2 Å². The van der Waals surface area contributed by atoms with Gasteiger partial charge in [0.15, 0.2) is 0 Å². The number of hydrogen-bond acceptors (Lipinski definition) is 5. The molecule has 0 saturated carbocycles. The van der Waals surface area contributed by atoms with E-state index < -0.39 is 22.1 Å². The summed E-state index contributed by atoms with van der Waals surface area (Å²) in [6.07, 6.45) is 2.59. The Kier molecular flexibility index (Phi) is 8.62. The molecule has 2 atom stereocenters. The molecule has 1 unspecified atom stereocenters. The zero-order valence-corrected chi connectivity index (χ0v) is 17.4. The Balaban J connectivity index is 1.86. The number of nitrogens with zero attached hydrogens (tertiary/aromatic N) is 1. The smallest absolute Gasteiger partial charge is 0.302 e. The molecule has 0 aliphatic carbocycles. The molecule has 0 spiro atoms. The zero-order chi connectivity index (χ0) is 21.5. The van der Waals surface area contributed by atoms with E-state index in [0.717, 1.165) is 17.8 Å². The highest BCUT2D eigenvalue weighted by atomic mass is 32.3. The Bertz CT molecular complexity index is 802. The van der Waals surface area contributed by atoms with Gasteiger partial charge in [0.1, 0.15) is 11.2 Å². The average Bonchev–Trinajstić information content (AvgIpc) is 3.02. The molecule has 0 aromatic heterocycles. The maximum Gasteiger partial charge on any atom is 0.302 e. The molecule has 2 N–H and O–H groups in total. The lowest BCUT2D eigenvalue weighted by atomic mass is 10.0. The van der Waals surface area contributed by atoms with Crippen LogP contribution in [0.5, 0.6) is 0 Å². The first-order valence-corrected chi connectivity index (χ1v) is 12.0. The second kappa shape index (κ2) is 10.5. The standard InChI is InChI=1S/C19H25F2NO5S2/c20-19(21,15-6-2-1-3-7-15)17(23)10-8-16-9-11-18(24)22(16)12-4-5-13-28-14-29(25,26)27/h1-3,6-8,10,16-17,23H,4-5,9,11-14H2,(H,25,26,27)/t16-,17?/m0/s1. The van der Waals surface area contributed by atoms with Crippen molar-refractivity contribution in [3.05, 3.63) is 48.0 Å². The van der Waals surface area contributed by atoms with E-state index in [4.69, 9.17) is 4.55 Å². The SMILES string of the molecule is O=C1CC[C@H](C=CC(O)C(F)(F)c2ccccc2)N1CCCCSCS(=O)(=O)O. The summed E-state index contributed by atoms with van der Waals surface area (Å²) in [6, 6.07) is 6.72. The molecule has 1 saturated heterocycles. The Labute approximate surface area is 173 Å². The highest BCUT2D eigenvalue weighted by Gasteiger charge is 2.39. The minimum absolute atomic E-state index is 0.0745. The van der Waals surface area contributed by atoms with Crippen molar-refractivity contribution in [2.24, 2.45) is 0 Å². The van der Waals surface area contributed by atoms with Crippen LogP contribution in [-0.2, 0) is 20.8 Å². The van der Waals surface area contributed by atoms with Gasteiger partial charge in [0.05, 0.1) is 6.04 Å². The van der Waals surface area contributed by atoms with Gasteiger partial charge in [-0.1, -0.05) is 42.5 Å². The molecule has 1 aromatic rings. The van der Waals surface area contributed by atoms with Crippen LogP contribution in [0.3, 0.4) is 0 Å². The highest BCUT2D eigenvalue weighted by molar-refractivity contribution is 8.10. The summed E-state index contributed by atoms with van der Waals surface area (Å²) >= 11 is 1.09. The maximum atomic E-state index is 14.4. The van der Waals surface area contributed by atoms with Crippen molar-refractivity contribution in [2.45, 2.75) is 43.8 Å². The Morgan fingerprint density at radius 1 is 1.28 bits per heavy atom. The van der Waals surface area contributed by atoms with Gasteiger partial charge in [0, 0.05) is 18.5 Å². The fraction of sp³-hybridized carbons (Fsp3) is 0.526. The van der Waals surface area contributed by atoms with E-state index in [0.29, 0.717) is 38.0 Å². The minimum Gasteiger partial charge on any atom is -0.382 e. The molecular formula is C19H25F2NO5S2. The molecule has 29 heavy (non-hydrogen) atoms. The summed E-state index contributed by atoms with van der Waals surface area (Å²) in [6.45, 7) is 0.422. The summed E-state index contributed by atoms with van der Waals surface area (Å²) in [7, 11) is -3.99. The molecule has 1 aliphatic heterocycles. The number of rotatable bonds is 11. The second-order valence-electron chi connectivity index (χ2n) is 6.83. The van der Waals surface area contributed by atoms with Crippen molar-refractivity contribution in [2.75, 3.05) is 17.4 Å². The van der Waals surface area contributed by atoms with Crippen LogP contribution < -0.4 is 0 Å². The average molecular weight is 450 g/mol. The van der Waals surface area contributed by atoms with E-state index in [-0.39, 0.29) is 22.6 Å². The monoisotopic (exact) mass is 449 g/mol. The van der Waals surface area contributed by atoms with Gasteiger partial charge in [-0.3, -0.25) is 9.35 Å². The molecule has 6 nitrogen and oxygen atoms in total. The van der Waals surface area contributed by atoms with Gasteiger partial charge in [0.25, 0.3) is 10.1 Å². The number of amides is 1. The van der Waals surface area contributed by atoms with E-state index in [2.05, 4.69) is 0 Å². The first kappa shape index (κ1) is 23.8. The number of benzene rings is 1. The van der Waals surface area contributed by atoms with Crippen LogP contribution in [0.1, 0.15) is 31.2 Å². The molecule has 10 heteroatoms. The van der Waals surface area contributed by atoms with Crippen LogP contribution in [-0.4, -0.2) is 58.4 Å². The first-order valence-electron chi connectivity index (χ1n) is 9.23. The lowest BCUT2D eigenvalue weighted by molar-refractivity contribution is -0.128. The molecule has 162 valence electrons. The number of likely N-dealkylation sites (tertiary alicyclic amines) is 1. The number of halogens is 2. The fourth-order valence-electron chi connectivity index (χ4n) is 3.08. The summed E-state index contributed by atoms with van der Waals surface area (Å²) in [4.78, 5) is 13.7. The predicted molar refractivity (Wildman–Crippen MR) is 108 cm³/mol. The van der Waals surface area contributed by atoms with Crippen molar-refractivity contribution < 1.29 is 31.7 Å². The second-order valence-corrected chi connectivity index (χ2v) is 9.75. The number of alkyl halides is 2. The van der Waals surface area contributed by atoms with Gasteiger partial charge >= 0.3 is 5.92 Å². The van der Waals surface area contributed by atoms with E-state index >= 15 is 0 Å². The summed E-state index contributed by atoms with van der Waals surface area (Å²) in [5, 5.41) is 9.60. The third kappa shape index (κ3) is 7.36. The van der Waals surface area contributed by atoms with E-state index in [9.17, 15) is 27.1 Å². The predicted octanol–water partition coefficient (Wildman–Crippen LogP) is 3.05. The minimum atomic E-state index is -3.99. The number of carbonyl (C=O) groups is 1. The topological polar surface area (TPSA) is 94.9 Å². The van der Waals surface area contributed by atoms with Crippen LogP contribution in [0.15, 0.2) is 42.5 Å². The van der Waals surface area contributed by atoms with Gasteiger partial charge in [0.2, 0.25) is 5.91 Å². The van der Waals surface area contributed by atoms with Crippen LogP contribution in [0.4, 0.5) is 8.78 Å². The Morgan fingerprint density at radius 2 is 1.97 bits per heavy atom. The number of aliphatic hydroxyl groups excluding tert-OH is 1. The van der Waals surface area contributed by atoms with E-state index in [1.807, 2.05) is 0 Å². The highest BCUT2D eigenvalue weighted by Crippen LogP contribution is 2.32. The van der Waals surface area contributed by atoms with Gasteiger partial charge in [-0.25, -0.2) is 0 Å². The maximum absolute atomic E-state index is 14.4. The van der Waals surface area contributed by atoms with E-state index in [1.54, 1.807) is 11.0 Å². The normalized spacial score (nSPS) is 19.2. The molecule has 1 fully saturated rings. The molecule has 1 aliphatic rings. The fourth-order valence-corrected chi connectivity index (χ4v) is 4.80. The molecule has 1 heterocycles. The van der Waals surface area contributed by atoms with Crippen molar-refractivity contribution in [1.82, 2.24) is 4.90 Å². The van der Waals surface area contributed by atoms with Crippen molar-refractivity contribution >= 4 is 27.8 Å². The molecular weight excluding hydrogens is 424 g/mol. The number of carbonyl (C=O) groups excluding carboxylic acids is 1. The summed E-state index contributed by atoms with van der Waals surface area (Å²) in [5.41, 5.74) is -0.279. The quantitative estimate of drug-likeness (QED) is 0.306. The Hall–Kier alpha value is -1.49. The summed E-state index contributed by atoms with van der Waals surface area (Å²) in [5.74, 6) is -2.99. The molecule has 2 rings (SSSR count). The largest absolute Gasteiger partial charge is 0.382 e. The lowest BCUT2D eigenvalue weighted by Crippen LogP contribution is -2.34. The number of aliphatic hydroxyl groups is 1. The first-order chi connectivity index (χ1) is 13.6. The zero-order valence-electron chi connectivity index (χ0n) is 15.8. The number of hydrogen-bond donors (Lipinski definition) is 2. The Morgan fingerprint density at radius 3 is 2.62 bits per heavy atom. The third-order valence-corrected chi connectivity index (χ3v) is 7.03. The van der Waals surface area contributed by atoms with E-state index in [1.165, 1.54) is 30.3 Å². The van der Waals surface area contributed by atoms with Crippen molar-refractivity contribution in [3.8, 4) is 0 Å².